The minimum absolute atomic E-state index is 0.277. The molecule has 0 aliphatic rings. The van der Waals surface area contributed by atoms with Crippen LogP contribution in [0.5, 0.6) is 0 Å². The Kier molecular flexibility index (Phi) is 5.16. The third-order valence-corrected chi connectivity index (χ3v) is 3.16. The van der Waals surface area contributed by atoms with Crippen molar-refractivity contribution in [1.82, 2.24) is 5.32 Å². The molecule has 0 saturated carbocycles. The van der Waals surface area contributed by atoms with Crippen LogP contribution in [-0.2, 0) is 0 Å². The fraction of sp³-hybridized carbons (Fsp3) is 0.600. The first kappa shape index (κ1) is 14.2. The molecule has 0 aliphatic heterocycles. The second-order valence-electron chi connectivity index (χ2n) is 5.26. The number of benzene rings is 1. The summed E-state index contributed by atoms with van der Waals surface area (Å²) in [5, 5.41) is 13.5. The lowest BCUT2D eigenvalue weighted by Gasteiger charge is -2.25. The molecule has 2 nitrogen and oxygen atoms in total. The zero-order valence-corrected chi connectivity index (χ0v) is 11.5. The smallest absolute Gasteiger partial charge is 0.0743 e. The highest BCUT2D eigenvalue weighted by Gasteiger charge is 2.19. The second-order valence-corrected chi connectivity index (χ2v) is 5.26. The van der Waals surface area contributed by atoms with E-state index in [1.54, 1.807) is 0 Å². The Morgan fingerprint density at radius 1 is 1.29 bits per heavy atom. The molecule has 2 heteroatoms. The molecule has 0 amide bonds. The lowest BCUT2D eigenvalue weighted by molar-refractivity contribution is 0.0477. The summed E-state index contributed by atoms with van der Waals surface area (Å²) in [6, 6.07) is 8.80. The quantitative estimate of drug-likeness (QED) is 0.793. The number of aryl methyl sites for hydroxylation is 1. The van der Waals surface area contributed by atoms with Crippen molar-refractivity contribution in [2.75, 3.05) is 6.54 Å². The molecule has 2 N–H and O–H groups in total. The van der Waals surface area contributed by atoms with Crippen LogP contribution in [0, 0.1) is 6.92 Å². The molecule has 2 atom stereocenters. The van der Waals surface area contributed by atoms with Gasteiger partial charge in [-0.3, -0.25) is 0 Å². The summed E-state index contributed by atoms with van der Waals surface area (Å²) >= 11 is 0. The van der Waals surface area contributed by atoms with E-state index in [9.17, 15) is 5.11 Å². The van der Waals surface area contributed by atoms with Crippen molar-refractivity contribution in [3.63, 3.8) is 0 Å². The highest BCUT2D eigenvalue weighted by atomic mass is 16.3. The maximum Gasteiger partial charge on any atom is 0.0743 e. The Balaban J connectivity index is 2.49. The first-order valence-electron chi connectivity index (χ1n) is 6.47. The molecular formula is C15H25NO. The van der Waals surface area contributed by atoms with Gasteiger partial charge in [0.1, 0.15) is 0 Å². The van der Waals surface area contributed by atoms with Crippen LogP contribution in [0.25, 0.3) is 0 Å². The Morgan fingerprint density at radius 2 is 1.88 bits per heavy atom. The van der Waals surface area contributed by atoms with Crippen molar-refractivity contribution in [2.45, 2.75) is 52.2 Å². The average molecular weight is 235 g/mol. The molecule has 0 aromatic heterocycles. The molecule has 1 rings (SSSR count). The summed E-state index contributed by atoms with van der Waals surface area (Å²) in [5.41, 5.74) is 1.94. The van der Waals surface area contributed by atoms with E-state index in [0.717, 1.165) is 12.8 Å². The summed E-state index contributed by atoms with van der Waals surface area (Å²) in [6.45, 7) is 8.85. The summed E-state index contributed by atoms with van der Waals surface area (Å²) in [6.07, 6.45) is 1.84. The van der Waals surface area contributed by atoms with Crippen LogP contribution in [0.2, 0.25) is 0 Å². The summed E-state index contributed by atoms with van der Waals surface area (Å²) < 4.78 is 0. The van der Waals surface area contributed by atoms with Gasteiger partial charge in [-0.15, -0.1) is 0 Å². The van der Waals surface area contributed by atoms with Crippen molar-refractivity contribution < 1.29 is 5.11 Å². The highest BCUT2D eigenvalue weighted by molar-refractivity contribution is 5.23. The Labute approximate surface area is 105 Å². The molecule has 96 valence electrons. The standard InChI is InChI=1S/C15H25NO/c1-5-10-15(4,17)11-16-13(3)14-8-6-12(2)7-9-14/h6-9,13,16-17H,5,10-11H2,1-4H3. The van der Waals surface area contributed by atoms with Crippen molar-refractivity contribution in [2.24, 2.45) is 0 Å². The Bertz CT molecular complexity index is 329. The minimum Gasteiger partial charge on any atom is -0.389 e. The fourth-order valence-corrected chi connectivity index (χ4v) is 1.97. The van der Waals surface area contributed by atoms with Gasteiger partial charge in [0, 0.05) is 12.6 Å². The van der Waals surface area contributed by atoms with E-state index in [0.29, 0.717) is 6.54 Å². The van der Waals surface area contributed by atoms with Crippen LogP contribution in [0.15, 0.2) is 24.3 Å². The number of hydrogen-bond donors (Lipinski definition) is 2. The minimum atomic E-state index is -0.603. The van der Waals surface area contributed by atoms with E-state index in [1.807, 2.05) is 6.92 Å². The van der Waals surface area contributed by atoms with Crippen LogP contribution in [0.4, 0.5) is 0 Å². The van der Waals surface area contributed by atoms with Gasteiger partial charge in [0.25, 0.3) is 0 Å². The van der Waals surface area contributed by atoms with Crippen LogP contribution < -0.4 is 5.32 Å². The van der Waals surface area contributed by atoms with E-state index < -0.39 is 5.60 Å². The van der Waals surface area contributed by atoms with E-state index in [4.69, 9.17) is 0 Å². The second kappa shape index (κ2) is 6.18. The van der Waals surface area contributed by atoms with E-state index in [-0.39, 0.29) is 6.04 Å². The molecule has 0 aliphatic carbocycles. The zero-order chi connectivity index (χ0) is 12.9. The molecule has 0 bridgehead atoms. The third-order valence-electron chi connectivity index (χ3n) is 3.16. The monoisotopic (exact) mass is 235 g/mol. The average Bonchev–Trinajstić information content (AvgIpc) is 2.27. The number of rotatable bonds is 6. The van der Waals surface area contributed by atoms with Crippen molar-refractivity contribution in [3.8, 4) is 0 Å². The van der Waals surface area contributed by atoms with Crippen molar-refractivity contribution in [1.29, 1.82) is 0 Å². The first-order valence-corrected chi connectivity index (χ1v) is 6.47. The first-order chi connectivity index (χ1) is 7.94. The largest absolute Gasteiger partial charge is 0.389 e. The lowest BCUT2D eigenvalue weighted by Crippen LogP contribution is -2.38. The Morgan fingerprint density at radius 3 is 2.41 bits per heavy atom. The molecule has 0 saturated heterocycles. The van der Waals surface area contributed by atoms with Crippen LogP contribution in [-0.4, -0.2) is 17.3 Å². The van der Waals surface area contributed by atoms with Crippen LogP contribution in [0.3, 0.4) is 0 Å². The van der Waals surface area contributed by atoms with Gasteiger partial charge < -0.3 is 10.4 Å². The van der Waals surface area contributed by atoms with Crippen LogP contribution >= 0.6 is 0 Å². The molecule has 0 fully saturated rings. The maximum atomic E-state index is 10.1. The van der Waals surface area contributed by atoms with Crippen molar-refractivity contribution >= 4 is 0 Å². The third kappa shape index (κ3) is 4.88. The van der Waals surface area contributed by atoms with Gasteiger partial charge in [0.15, 0.2) is 0 Å². The van der Waals surface area contributed by atoms with Crippen molar-refractivity contribution in [3.05, 3.63) is 35.4 Å². The van der Waals surface area contributed by atoms with Gasteiger partial charge in [-0.25, -0.2) is 0 Å². The molecule has 1 aromatic carbocycles. The molecule has 17 heavy (non-hydrogen) atoms. The fourth-order valence-electron chi connectivity index (χ4n) is 1.97. The molecule has 0 radical (unpaired) electrons. The van der Waals surface area contributed by atoms with Gasteiger partial charge in [0.2, 0.25) is 0 Å². The highest BCUT2D eigenvalue weighted by Crippen LogP contribution is 2.16. The molecule has 0 spiro atoms. The normalized spacial score (nSPS) is 16.5. The maximum absolute atomic E-state index is 10.1. The predicted molar refractivity (Wildman–Crippen MR) is 73.1 cm³/mol. The zero-order valence-electron chi connectivity index (χ0n) is 11.5. The Hall–Kier alpha value is -0.860. The number of aliphatic hydroxyl groups is 1. The predicted octanol–water partition coefficient (Wildman–Crippen LogP) is 3.20. The van der Waals surface area contributed by atoms with Gasteiger partial charge in [-0.1, -0.05) is 43.2 Å². The topological polar surface area (TPSA) is 32.3 Å². The van der Waals surface area contributed by atoms with E-state index >= 15 is 0 Å². The number of hydrogen-bond acceptors (Lipinski definition) is 2. The van der Waals surface area contributed by atoms with Gasteiger partial charge >= 0.3 is 0 Å². The van der Waals surface area contributed by atoms with E-state index in [2.05, 4.69) is 50.4 Å². The molecule has 2 unspecified atom stereocenters. The van der Waals surface area contributed by atoms with Crippen LogP contribution in [0.1, 0.15) is 50.8 Å². The summed E-state index contributed by atoms with van der Waals surface area (Å²) in [4.78, 5) is 0. The summed E-state index contributed by atoms with van der Waals surface area (Å²) in [7, 11) is 0. The number of nitrogens with one attached hydrogen (secondary N) is 1. The lowest BCUT2D eigenvalue weighted by atomic mass is 9.99. The molecule has 1 aromatic rings. The van der Waals surface area contributed by atoms with E-state index in [1.165, 1.54) is 11.1 Å². The van der Waals surface area contributed by atoms with Gasteiger partial charge in [0.05, 0.1) is 5.60 Å². The SMILES string of the molecule is CCCC(C)(O)CNC(C)c1ccc(C)cc1. The molecular weight excluding hydrogens is 210 g/mol. The van der Waals surface area contributed by atoms with Gasteiger partial charge in [-0.2, -0.15) is 0 Å². The van der Waals surface area contributed by atoms with Gasteiger partial charge in [-0.05, 0) is 32.8 Å². The summed E-state index contributed by atoms with van der Waals surface area (Å²) in [5.74, 6) is 0. The molecule has 0 heterocycles.